The number of hydrogen-bond donors (Lipinski definition) is 1. The smallest absolute Gasteiger partial charge is 0.259 e. The Bertz CT molecular complexity index is 1270. The quantitative estimate of drug-likeness (QED) is 0.579. The molecule has 6 rings (SSSR count). The Morgan fingerprint density at radius 3 is 2.45 bits per heavy atom. The van der Waals surface area contributed by atoms with Gasteiger partial charge < -0.3 is 5.32 Å². The number of nitrogens with zero attached hydrogens (tertiary/aromatic N) is 1. The van der Waals surface area contributed by atoms with E-state index < -0.39 is 0 Å². The molecule has 2 aliphatic heterocycles. The van der Waals surface area contributed by atoms with Gasteiger partial charge in [0, 0.05) is 23.3 Å². The van der Waals surface area contributed by atoms with E-state index in [1.165, 1.54) is 11.1 Å². The van der Waals surface area contributed by atoms with Gasteiger partial charge in [-0.05, 0) is 48.6 Å². The summed E-state index contributed by atoms with van der Waals surface area (Å²) in [4.78, 5) is 28.8. The molecule has 31 heavy (non-hydrogen) atoms. The number of nitrogens with one attached hydrogen (secondary N) is 1. The van der Waals surface area contributed by atoms with E-state index >= 15 is 0 Å². The number of amides is 1. The van der Waals surface area contributed by atoms with E-state index in [2.05, 4.69) is 36.5 Å². The molecule has 0 radical (unpaired) electrons. The molecule has 0 saturated heterocycles. The number of allylic oxidation sites excluding steroid dienone is 1. The van der Waals surface area contributed by atoms with Gasteiger partial charge in [0.1, 0.15) is 0 Å². The second-order valence-electron chi connectivity index (χ2n) is 8.64. The van der Waals surface area contributed by atoms with Crippen molar-refractivity contribution in [1.29, 1.82) is 0 Å². The van der Waals surface area contributed by atoms with Crippen molar-refractivity contribution >= 4 is 23.1 Å². The second-order valence-corrected chi connectivity index (χ2v) is 8.64. The number of rotatable bonds is 1. The van der Waals surface area contributed by atoms with Crippen LogP contribution in [0.2, 0.25) is 0 Å². The lowest BCUT2D eigenvalue weighted by Crippen LogP contribution is -2.32. The minimum absolute atomic E-state index is 0.0444. The minimum Gasteiger partial charge on any atom is -0.357 e. The van der Waals surface area contributed by atoms with Gasteiger partial charge in [0.2, 0.25) is 0 Å². The first-order valence-electron chi connectivity index (χ1n) is 10.7. The second kappa shape index (κ2) is 6.67. The van der Waals surface area contributed by atoms with Crippen LogP contribution in [0, 0.1) is 6.92 Å². The van der Waals surface area contributed by atoms with Gasteiger partial charge in [-0.15, -0.1) is 0 Å². The molecule has 0 aromatic heterocycles. The lowest BCUT2D eigenvalue weighted by Gasteiger charge is -2.30. The molecule has 1 N–H and O–H groups in total. The van der Waals surface area contributed by atoms with Gasteiger partial charge >= 0.3 is 0 Å². The molecule has 1 amide bonds. The summed E-state index contributed by atoms with van der Waals surface area (Å²) in [5, 5.41) is 3.55. The van der Waals surface area contributed by atoms with Gasteiger partial charge in [0.15, 0.2) is 5.78 Å². The zero-order valence-corrected chi connectivity index (χ0v) is 17.3. The summed E-state index contributed by atoms with van der Waals surface area (Å²) in [6, 6.07) is 23.6. The molecule has 0 unspecified atom stereocenters. The van der Waals surface area contributed by atoms with Crippen molar-refractivity contribution in [2.45, 2.75) is 31.7 Å². The van der Waals surface area contributed by atoms with Gasteiger partial charge in [-0.2, -0.15) is 0 Å². The van der Waals surface area contributed by atoms with Crippen LogP contribution in [0.3, 0.4) is 0 Å². The Hall–Kier alpha value is -3.66. The first-order chi connectivity index (χ1) is 15.1. The maximum Gasteiger partial charge on any atom is 0.259 e. The van der Waals surface area contributed by atoms with Crippen LogP contribution in [-0.4, -0.2) is 11.7 Å². The molecule has 3 aromatic carbocycles. The van der Waals surface area contributed by atoms with Gasteiger partial charge in [0.25, 0.3) is 5.91 Å². The summed E-state index contributed by atoms with van der Waals surface area (Å²) >= 11 is 0. The fourth-order valence-corrected chi connectivity index (χ4v) is 5.24. The van der Waals surface area contributed by atoms with Gasteiger partial charge in [0.05, 0.1) is 17.4 Å². The number of Topliss-reactive ketones (excluding diaryl/α,β-unsaturated/α-hetero) is 1. The highest BCUT2D eigenvalue weighted by atomic mass is 16.2. The van der Waals surface area contributed by atoms with Crippen LogP contribution in [-0.2, 0) is 4.79 Å². The maximum absolute atomic E-state index is 13.6. The fraction of sp³-hybridized carbons (Fsp3) is 0.185. The van der Waals surface area contributed by atoms with E-state index in [0.717, 1.165) is 34.6 Å². The van der Waals surface area contributed by atoms with Crippen molar-refractivity contribution in [3.63, 3.8) is 0 Å². The van der Waals surface area contributed by atoms with Crippen LogP contribution in [0.4, 0.5) is 11.4 Å². The van der Waals surface area contributed by atoms with E-state index in [9.17, 15) is 9.59 Å². The first-order valence-corrected chi connectivity index (χ1v) is 10.7. The molecule has 0 saturated carbocycles. The topological polar surface area (TPSA) is 49.4 Å². The molecule has 4 nitrogen and oxygen atoms in total. The third-order valence-corrected chi connectivity index (χ3v) is 6.74. The Labute approximate surface area is 181 Å². The molecular weight excluding hydrogens is 384 g/mol. The van der Waals surface area contributed by atoms with E-state index in [1.54, 1.807) is 4.90 Å². The van der Waals surface area contributed by atoms with Crippen LogP contribution >= 0.6 is 0 Å². The molecule has 0 bridgehead atoms. The van der Waals surface area contributed by atoms with E-state index in [1.807, 2.05) is 48.5 Å². The van der Waals surface area contributed by atoms with E-state index in [4.69, 9.17) is 0 Å². The number of carbonyl (C=O) groups excluding carboxylic acids is 2. The molecular formula is C27H22N2O2. The summed E-state index contributed by atoms with van der Waals surface area (Å²) in [5.41, 5.74) is 7.36. The highest BCUT2D eigenvalue weighted by Gasteiger charge is 2.46. The van der Waals surface area contributed by atoms with Crippen LogP contribution < -0.4 is 10.2 Å². The fourth-order valence-electron chi connectivity index (χ4n) is 5.24. The van der Waals surface area contributed by atoms with Crippen molar-refractivity contribution in [3.05, 3.63) is 106 Å². The molecule has 4 heteroatoms. The number of para-hydroxylation sites is 2. The summed E-state index contributed by atoms with van der Waals surface area (Å²) in [6.07, 6.45) is 1.21. The van der Waals surface area contributed by atoms with Gasteiger partial charge in [-0.25, -0.2) is 0 Å². The standard InChI is InChI=1S/C27H22N2O2/c1-16-10-12-17(13-11-16)18-14-22-25(24(30)15-18)26-19-6-2-3-7-20(19)27(31)29(26)23-9-5-4-8-21(23)28-22/h2-13,18,26,28H,14-15H2,1H3/t18-,26-/m0/s1. The van der Waals surface area contributed by atoms with E-state index in [-0.39, 0.29) is 23.7 Å². The summed E-state index contributed by atoms with van der Waals surface area (Å²) in [7, 11) is 0. The molecule has 152 valence electrons. The lowest BCUT2D eigenvalue weighted by atomic mass is 9.78. The van der Waals surface area contributed by atoms with Crippen LogP contribution in [0.15, 0.2) is 84.1 Å². The van der Waals surface area contributed by atoms with Crippen molar-refractivity contribution in [2.75, 3.05) is 10.2 Å². The zero-order chi connectivity index (χ0) is 21.1. The molecule has 0 fully saturated rings. The van der Waals surface area contributed by atoms with Gasteiger partial charge in [-0.1, -0.05) is 60.2 Å². The third-order valence-electron chi connectivity index (χ3n) is 6.74. The number of fused-ring (bicyclic) bond motifs is 6. The monoisotopic (exact) mass is 406 g/mol. The first kappa shape index (κ1) is 18.1. The van der Waals surface area contributed by atoms with Crippen molar-refractivity contribution < 1.29 is 9.59 Å². The summed E-state index contributed by atoms with van der Waals surface area (Å²) in [6.45, 7) is 2.07. The number of ketones is 1. The molecule has 3 aromatic rings. The molecule has 1 aliphatic carbocycles. The zero-order valence-electron chi connectivity index (χ0n) is 17.3. The third kappa shape index (κ3) is 2.68. The number of aryl methyl sites for hydroxylation is 1. The maximum atomic E-state index is 13.6. The average molecular weight is 406 g/mol. The van der Waals surface area contributed by atoms with Crippen LogP contribution in [0.1, 0.15) is 51.8 Å². The van der Waals surface area contributed by atoms with Crippen LogP contribution in [0.5, 0.6) is 0 Å². The van der Waals surface area contributed by atoms with Gasteiger partial charge in [-0.3, -0.25) is 14.5 Å². The van der Waals surface area contributed by atoms with E-state index in [0.29, 0.717) is 12.0 Å². The Balaban J connectivity index is 1.53. The Morgan fingerprint density at radius 1 is 0.871 bits per heavy atom. The highest BCUT2D eigenvalue weighted by Crippen LogP contribution is 2.50. The average Bonchev–Trinajstić information content (AvgIpc) is 2.97. The largest absolute Gasteiger partial charge is 0.357 e. The molecule has 0 spiro atoms. The number of hydrogen-bond acceptors (Lipinski definition) is 3. The Kier molecular flexibility index (Phi) is 3.90. The number of anilines is 2. The van der Waals surface area contributed by atoms with Crippen molar-refractivity contribution in [1.82, 2.24) is 0 Å². The highest BCUT2D eigenvalue weighted by molar-refractivity contribution is 6.16. The normalized spacial score (nSPS) is 21.6. The predicted octanol–water partition coefficient (Wildman–Crippen LogP) is 5.52. The number of carbonyl (C=O) groups is 2. The van der Waals surface area contributed by atoms with Crippen molar-refractivity contribution in [3.8, 4) is 0 Å². The SMILES string of the molecule is Cc1ccc([C@@H]2CC(=O)C3=C(C2)Nc2ccccc2N2C(=O)c4ccccc4[C@@H]32)cc1. The molecule has 3 aliphatic rings. The van der Waals surface area contributed by atoms with Crippen LogP contribution in [0.25, 0.3) is 0 Å². The summed E-state index contributed by atoms with van der Waals surface area (Å²) in [5.74, 6) is 0.203. The van der Waals surface area contributed by atoms with Crippen molar-refractivity contribution in [2.24, 2.45) is 0 Å². The summed E-state index contributed by atoms with van der Waals surface area (Å²) < 4.78 is 0. The number of benzene rings is 3. The molecule has 2 heterocycles. The molecule has 2 atom stereocenters. The predicted molar refractivity (Wildman–Crippen MR) is 121 cm³/mol. The Morgan fingerprint density at radius 2 is 1.61 bits per heavy atom. The minimum atomic E-state index is -0.374. The lowest BCUT2D eigenvalue weighted by molar-refractivity contribution is -0.116.